The molecule has 0 spiro atoms. The minimum Gasteiger partial charge on any atom is -0.507 e. The number of amides is 1. The number of aromatic nitrogens is 1. The van der Waals surface area contributed by atoms with E-state index in [0.29, 0.717) is 28.3 Å². The van der Waals surface area contributed by atoms with E-state index in [1.54, 1.807) is 57.2 Å². The number of ether oxygens (including phenoxy) is 4. The first-order valence-electron chi connectivity index (χ1n) is 12.0. The molecule has 1 aromatic heterocycles. The van der Waals surface area contributed by atoms with Crippen LogP contribution in [-0.4, -0.2) is 55.7 Å². The fourth-order valence-electron chi connectivity index (χ4n) is 4.50. The lowest BCUT2D eigenvalue weighted by atomic mass is 9.94. The maximum absolute atomic E-state index is 13.6. The van der Waals surface area contributed by atoms with E-state index in [0.717, 1.165) is 16.9 Å². The van der Waals surface area contributed by atoms with Crippen molar-refractivity contribution in [2.24, 2.45) is 0 Å². The number of carbonyl (C=O) groups is 3. The number of ketones is 1. The molecule has 1 aliphatic heterocycles. The standard InChI is InChI=1S/C28H28N2O8S/c1-7-38-27(34)25-15(3)29-28(39-25)30-21(17-9-8-10-19(36-5)24(17)37-6)20(23(32)26(30)33)22(31)16-11-12-18(35-4)14(2)13-16/h8-13,21,31H,7H2,1-6H3/t21-/m1/s1. The molecular formula is C28H28N2O8S. The lowest BCUT2D eigenvalue weighted by Crippen LogP contribution is -2.29. The summed E-state index contributed by atoms with van der Waals surface area (Å²) in [6, 6.07) is 8.81. The third-order valence-corrected chi connectivity index (χ3v) is 7.43. The average Bonchev–Trinajstić information content (AvgIpc) is 3.44. The number of benzene rings is 2. The van der Waals surface area contributed by atoms with Crippen LogP contribution in [0.5, 0.6) is 17.2 Å². The molecule has 2 aromatic carbocycles. The highest BCUT2D eigenvalue weighted by Gasteiger charge is 2.49. The van der Waals surface area contributed by atoms with Gasteiger partial charge >= 0.3 is 11.9 Å². The van der Waals surface area contributed by atoms with Gasteiger partial charge < -0.3 is 24.1 Å². The van der Waals surface area contributed by atoms with Gasteiger partial charge in [-0.25, -0.2) is 9.78 Å². The Bertz CT molecular complexity index is 1490. The highest BCUT2D eigenvalue weighted by atomic mass is 32.1. The summed E-state index contributed by atoms with van der Waals surface area (Å²) >= 11 is 0.924. The van der Waals surface area contributed by atoms with E-state index in [2.05, 4.69) is 4.98 Å². The first-order chi connectivity index (χ1) is 18.7. The summed E-state index contributed by atoms with van der Waals surface area (Å²) < 4.78 is 21.5. The second-order valence-corrected chi connectivity index (χ2v) is 9.55. The first-order valence-corrected chi connectivity index (χ1v) is 12.8. The molecule has 1 fully saturated rings. The summed E-state index contributed by atoms with van der Waals surface area (Å²) in [6.45, 7) is 5.26. The predicted octanol–water partition coefficient (Wildman–Crippen LogP) is 4.59. The topological polar surface area (TPSA) is 124 Å². The minimum absolute atomic E-state index is 0.0949. The molecule has 10 nitrogen and oxygen atoms in total. The first kappa shape index (κ1) is 27.6. The van der Waals surface area contributed by atoms with E-state index < -0.39 is 23.7 Å². The number of hydrogen-bond acceptors (Lipinski definition) is 10. The molecule has 1 aliphatic rings. The smallest absolute Gasteiger partial charge is 0.350 e. The Kier molecular flexibility index (Phi) is 7.91. The van der Waals surface area contributed by atoms with Gasteiger partial charge in [0.1, 0.15) is 22.4 Å². The molecule has 0 radical (unpaired) electrons. The van der Waals surface area contributed by atoms with Crippen LogP contribution in [0.2, 0.25) is 0 Å². The van der Waals surface area contributed by atoms with Crippen LogP contribution in [0.1, 0.15) is 45.0 Å². The number of Topliss-reactive ketones (excluding diaryl/α,β-unsaturated/α-hetero) is 1. The molecule has 1 N–H and O–H groups in total. The van der Waals surface area contributed by atoms with Crippen molar-refractivity contribution < 1.29 is 38.4 Å². The van der Waals surface area contributed by atoms with Crippen LogP contribution in [-0.2, 0) is 14.3 Å². The molecule has 0 saturated carbocycles. The van der Waals surface area contributed by atoms with Gasteiger partial charge in [-0.3, -0.25) is 14.5 Å². The van der Waals surface area contributed by atoms with Crippen LogP contribution < -0.4 is 19.1 Å². The van der Waals surface area contributed by atoms with E-state index in [1.165, 1.54) is 26.2 Å². The van der Waals surface area contributed by atoms with E-state index >= 15 is 0 Å². The van der Waals surface area contributed by atoms with Gasteiger partial charge in [0, 0.05) is 11.1 Å². The van der Waals surface area contributed by atoms with Crippen molar-refractivity contribution in [3.05, 3.63) is 69.2 Å². The molecule has 204 valence electrons. The number of hydrogen-bond donors (Lipinski definition) is 1. The SMILES string of the molecule is CCOC(=O)c1sc(N2C(=O)C(=O)C(=C(O)c3ccc(OC)c(C)c3)[C@H]2c2cccc(OC)c2OC)nc1C. The Morgan fingerprint density at radius 3 is 2.38 bits per heavy atom. The van der Waals surface area contributed by atoms with Crippen molar-refractivity contribution >= 4 is 39.9 Å². The number of aliphatic hydroxyl groups is 1. The molecule has 1 atom stereocenters. The fraction of sp³-hybridized carbons (Fsp3) is 0.286. The molecule has 39 heavy (non-hydrogen) atoms. The largest absolute Gasteiger partial charge is 0.507 e. The number of rotatable bonds is 8. The lowest BCUT2D eigenvalue weighted by Gasteiger charge is -2.25. The molecule has 0 unspecified atom stereocenters. The Hall–Kier alpha value is -4.38. The van der Waals surface area contributed by atoms with Crippen LogP contribution >= 0.6 is 11.3 Å². The quantitative estimate of drug-likeness (QED) is 0.185. The fourth-order valence-corrected chi connectivity index (χ4v) is 5.49. The number of aliphatic hydroxyl groups excluding tert-OH is 1. The zero-order valence-electron chi connectivity index (χ0n) is 22.4. The summed E-state index contributed by atoms with van der Waals surface area (Å²) in [4.78, 5) is 45.4. The number of anilines is 1. The van der Waals surface area contributed by atoms with Gasteiger partial charge in [-0.15, -0.1) is 0 Å². The van der Waals surface area contributed by atoms with Gasteiger partial charge in [0.2, 0.25) is 0 Å². The van der Waals surface area contributed by atoms with Crippen molar-refractivity contribution in [3.8, 4) is 17.2 Å². The summed E-state index contributed by atoms with van der Waals surface area (Å²) in [5, 5.41) is 11.6. The molecule has 1 saturated heterocycles. The summed E-state index contributed by atoms with van der Waals surface area (Å²) in [5.41, 5.74) is 1.61. The number of aryl methyl sites for hydroxylation is 2. The Morgan fingerprint density at radius 1 is 1.05 bits per heavy atom. The van der Waals surface area contributed by atoms with Crippen molar-refractivity contribution in [2.45, 2.75) is 26.8 Å². The summed E-state index contributed by atoms with van der Waals surface area (Å²) in [7, 11) is 4.43. The number of thiazole rings is 1. The zero-order chi connectivity index (χ0) is 28.4. The zero-order valence-corrected chi connectivity index (χ0v) is 23.2. The maximum atomic E-state index is 13.6. The third-order valence-electron chi connectivity index (χ3n) is 6.29. The van der Waals surface area contributed by atoms with E-state index in [-0.39, 0.29) is 33.7 Å². The van der Waals surface area contributed by atoms with Crippen LogP contribution in [0.4, 0.5) is 5.13 Å². The molecule has 1 amide bonds. The number of nitrogens with zero attached hydrogens (tertiary/aromatic N) is 2. The highest BCUT2D eigenvalue weighted by molar-refractivity contribution is 7.17. The van der Waals surface area contributed by atoms with Gasteiger partial charge in [-0.05, 0) is 50.6 Å². The second-order valence-electron chi connectivity index (χ2n) is 8.57. The minimum atomic E-state index is -1.14. The third kappa shape index (κ3) is 4.81. The van der Waals surface area contributed by atoms with Gasteiger partial charge in [-0.2, -0.15) is 0 Å². The van der Waals surface area contributed by atoms with E-state index in [1.807, 2.05) is 0 Å². The number of carbonyl (C=O) groups excluding carboxylic acids is 3. The number of para-hydroxylation sites is 1. The molecule has 0 aliphatic carbocycles. The average molecular weight is 553 g/mol. The molecular weight excluding hydrogens is 524 g/mol. The Labute approximate surface area is 229 Å². The van der Waals surface area contributed by atoms with Gasteiger partial charge in [0.25, 0.3) is 5.78 Å². The van der Waals surface area contributed by atoms with E-state index in [4.69, 9.17) is 18.9 Å². The summed E-state index contributed by atoms with van der Waals surface area (Å²) in [6.07, 6.45) is 0. The van der Waals surface area contributed by atoms with Crippen LogP contribution in [0.15, 0.2) is 42.0 Å². The summed E-state index contributed by atoms with van der Waals surface area (Å²) in [5.74, 6) is -1.56. The van der Waals surface area contributed by atoms with Gasteiger partial charge in [0.05, 0.1) is 39.2 Å². The van der Waals surface area contributed by atoms with Crippen LogP contribution in [0.3, 0.4) is 0 Å². The monoisotopic (exact) mass is 552 g/mol. The van der Waals surface area contributed by atoms with Crippen molar-refractivity contribution in [2.75, 3.05) is 32.8 Å². The molecule has 2 heterocycles. The van der Waals surface area contributed by atoms with Gasteiger partial charge in [0.15, 0.2) is 16.6 Å². The second kappa shape index (κ2) is 11.2. The normalized spacial score (nSPS) is 16.4. The van der Waals surface area contributed by atoms with Crippen molar-refractivity contribution in [1.29, 1.82) is 0 Å². The lowest BCUT2D eigenvalue weighted by molar-refractivity contribution is -0.132. The maximum Gasteiger partial charge on any atom is 0.350 e. The Balaban J connectivity index is 1.99. The van der Waals surface area contributed by atoms with Crippen LogP contribution in [0.25, 0.3) is 5.76 Å². The van der Waals surface area contributed by atoms with Crippen LogP contribution in [0, 0.1) is 13.8 Å². The number of esters is 1. The van der Waals surface area contributed by atoms with Crippen molar-refractivity contribution in [3.63, 3.8) is 0 Å². The molecule has 11 heteroatoms. The molecule has 4 rings (SSSR count). The van der Waals surface area contributed by atoms with E-state index in [9.17, 15) is 19.5 Å². The number of methoxy groups -OCH3 is 3. The van der Waals surface area contributed by atoms with Crippen molar-refractivity contribution in [1.82, 2.24) is 4.98 Å². The predicted molar refractivity (Wildman–Crippen MR) is 145 cm³/mol. The molecule has 3 aromatic rings. The van der Waals surface area contributed by atoms with Gasteiger partial charge in [-0.1, -0.05) is 23.5 Å². The highest BCUT2D eigenvalue weighted by Crippen LogP contribution is 2.48. The Morgan fingerprint density at radius 2 is 1.77 bits per heavy atom. The molecule has 0 bridgehead atoms.